The van der Waals surface area contributed by atoms with Crippen LogP contribution in [0.15, 0.2) is 30.6 Å². The van der Waals surface area contributed by atoms with Crippen LogP contribution in [0.1, 0.15) is 15.9 Å². The molecule has 0 saturated carbocycles. The third-order valence-electron chi connectivity index (χ3n) is 2.14. The van der Waals surface area contributed by atoms with Gasteiger partial charge in [0.15, 0.2) is 0 Å². The molecule has 18 heavy (non-hydrogen) atoms. The highest BCUT2D eigenvalue weighted by atomic mass is 35.5. The standard InChI is InChI=1S/C12H9ClN2O3/c1-7-5-14-12(15-6-7)18-10-3-2-8(11(16)17)4-9(10)13/h2-6H,1H3,(H,16,17). The fraction of sp³-hybridized carbons (Fsp3) is 0.0833. The Bertz CT molecular complexity index is 584. The number of aromatic nitrogens is 2. The smallest absolute Gasteiger partial charge is 0.335 e. The Kier molecular flexibility index (Phi) is 3.43. The van der Waals surface area contributed by atoms with Crippen LogP contribution in [0, 0.1) is 6.92 Å². The van der Waals surface area contributed by atoms with Crippen LogP contribution in [-0.2, 0) is 0 Å². The van der Waals surface area contributed by atoms with Crippen LogP contribution in [0.3, 0.4) is 0 Å². The van der Waals surface area contributed by atoms with Crippen molar-refractivity contribution in [2.24, 2.45) is 0 Å². The van der Waals surface area contributed by atoms with Crippen molar-refractivity contribution in [3.05, 3.63) is 46.7 Å². The van der Waals surface area contributed by atoms with E-state index in [1.807, 2.05) is 6.92 Å². The number of hydrogen-bond donors (Lipinski definition) is 1. The van der Waals surface area contributed by atoms with E-state index in [0.717, 1.165) is 5.56 Å². The normalized spacial score (nSPS) is 10.1. The van der Waals surface area contributed by atoms with E-state index in [9.17, 15) is 4.79 Å². The molecule has 0 aliphatic carbocycles. The summed E-state index contributed by atoms with van der Waals surface area (Å²) in [5.41, 5.74) is 1.01. The van der Waals surface area contributed by atoms with Gasteiger partial charge in [-0.05, 0) is 30.7 Å². The number of benzene rings is 1. The highest BCUT2D eigenvalue weighted by Gasteiger charge is 2.09. The number of carbonyl (C=O) groups is 1. The molecule has 0 amide bonds. The van der Waals surface area contributed by atoms with Crippen molar-refractivity contribution >= 4 is 17.6 Å². The van der Waals surface area contributed by atoms with Crippen LogP contribution >= 0.6 is 11.6 Å². The summed E-state index contributed by atoms with van der Waals surface area (Å²) in [4.78, 5) is 18.7. The number of carboxylic acids is 1. The van der Waals surface area contributed by atoms with E-state index in [1.54, 1.807) is 12.4 Å². The quantitative estimate of drug-likeness (QED) is 0.923. The third-order valence-corrected chi connectivity index (χ3v) is 2.43. The van der Waals surface area contributed by atoms with Crippen molar-refractivity contribution in [1.82, 2.24) is 9.97 Å². The summed E-state index contributed by atoms with van der Waals surface area (Å²) in [7, 11) is 0. The number of ether oxygens (including phenoxy) is 1. The van der Waals surface area contributed by atoms with Crippen molar-refractivity contribution in [3.63, 3.8) is 0 Å². The van der Waals surface area contributed by atoms with Gasteiger partial charge in [-0.3, -0.25) is 0 Å². The lowest BCUT2D eigenvalue weighted by molar-refractivity contribution is 0.0697. The fourth-order valence-corrected chi connectivity index (χ4v) is 1.47. The van der Waals surface area contributed by atoms with Crippen molar-refractivity contribution < 1.29 is 14.6 Å². The molecule has 1 aromatic carbocycles. The highest BCUT2D eigenvalue weighted by Crippen LogP contribution is 2.28. The minimum atomic E-state index is -1.05. The molecule has 0 aliphatic rings. The van der Waals surface area contributed by atoms with Gasteiger partial charge in [0.1, 0.15) is 5.75 Å². The largest absolute Gasteiger partial charge is 0.478 e. The molecule has 6 heteroatoms. The van der Waals surface area contributed by atoms with E-state index in [0.29, 0.717) is 5.75 Å². The van der Waals surface area contributed by atoms with Crippen LogP contribution in [0.25, 0.3) is 0 Å². The van der Waals surface area contributed by atoms with Gasteiger partial charge in [0.2, 0.25) is 0 Å². The molecule has 2 rings (SSSR count). The Morgan fingerprint density at radius 2 is 2.00 bits per heavy atom. The maximum Gasteiger partial charge on any atom is 0.335 e. The minimum Gasteiger partial charge on any atom is -0.478 e. The number of halogens is 1. The van der Waals surface area contributed by atoms with E-state index in [4.69, 9.17) is 21.4 Å². The minimum absolute atomic E-state index is 0.0946. The Labute approximate surface area is 108 Å². The van der Waals surface area contributed by atoms with E-state index in [2.05, 4.69) is 9.97 Å². The Morgan fingerprint density at radius 1 is 1.33 bits per heavy atom. The van der Waals surface area contributed by atoms with Gasteiger partial charge in [-0.25, -0.2) is 14.8 Å². The molecule has 0 bridgehead atoms. The second-order valence-electron chi connectivity index (χ2n) is 3.60. The van der Waals surface area contributed by atoms with Crippen molar-refractivity contribution in [2.75, 3.05) is 0 Å². The molecule has 0 radical (unpaired) electrons. The molecule has 5 nitrogen and oxygen atoms in total. The molecule has 1 aromatic heterocycles. The zero-order valence-corrected chi connectivity index (χ0v) is 10.2. The summed E-state index contributed by atoms with van der Waals surface area (Å²) in [6.07, 6.45) is 3.23. The zero-order valence-electron chi connectivity index (χ0n) is 9.42. The maximum atomic E-state index is 10.7. The molecule has 0 fully saturated rings. The molecular weight excluding hydrogens is 256 g/mol. The SMILES string of the molecule is Cc1cnc(Oc2ccc(C(=O)O)cc2Cl)nc1. The first-order valence-corrected chi connectivity index (χ1v) is 5.43. The predicted octanol–water partition coefficient (Wildman–Crippen LogP) is 2.93. The molecule has 0 saturated heterocycles. The molecule has 1 N–H and O–H groups in total. The molecule has 0 unspecified atom stereocenters. The number of rotatable bonds is 3. The van der Waals surface area contributed by atoms with Crippen molar-refractivity contribution in [1.29, 1.82) is 0 Å². The molecule has 2 aromatic rings. The lowest BCUT2D eigenvalue weighted by Crippen LogP contribution is -1.97. The van der Waals surface area contributed by atoms with E-state index in [-0.39, 0.29) is 16.6 Å². The van der Waals surface area contributed by atoms with Crippen LogP contribution in [0.2, 0.25) is 5.02 Å². The average molecular weight is 265 g/mol. The van der Waals surface area contributed by atoms with Crippen LogP contribution in [0.4, 0.5) is 0 Å². The third kappa shape index (κ3) is 2.75. The maximum absolute atomic E-state index is 10.7. The number of nitrogens with zero attached hydrogens (tertiary/aromatic N) is 2. The average Bonchev–Trinajstić information content (AvgIpc) is 2.34. The van der Waals surface area contributed by atoms with Gasteiger partial charge in [-0.2, -0.15) is 0 Å². The van der Waals surface area contributed by atoms with Gasteiger partial charge in [0.25, 0.3) is 0 Å². The lowest BCUT2D eigenvalue weighted by atomic mass is 10.2. The number of aryl methyl sites for hydroxylation is 1. The van der Waals surface area contributed by atoms with E-state index >= 15 is 0 Å². The highest BCUT2D eigenvalue weighted by molar-refractivity contribution is 6.32. The molecule has 0 spiro atoms. The Hall–Kier alpha value is -2.14. The van der Waals surface area contributed by atoms with Gasteiger partial charge >= 0.3 is 12.0 Å². The summed E-state index contributed by atoms with van der Waals surface area (Å²) < 4.78 is 5.35. The van der Waals surface area contributed by atoms with Gasteiger partial charge in [0.05, 0.1) is 10.6 Å². The second-order valence-corrected chi connectivity index (χ2v) is 4.00. The van der Waals surface area contributed by atoms with Crippen LogP contribution in [0.5, 0.6) is 11.8 Å². The summed E-state index contributed by atoms with van der Waals surface area (Å²) >= 11 is 5.91. The van der Waals surface area contributed by atoms with Crippen molar-refractivity contribution in [3.8, 4) is 11.8 Å². The number of hydrogen-bond acceptors (Lipinski definition) is 4. The van der Waals surface area contributed by atoms with Crippen molar-refractivity contribution in [2.45, 2.75) is 6.92 Å². The fourth-order valence-electron chi connectivity index (χ4n) is 1.25. The first-order chi connectivity index (χ1) is 8.56. The van der Waals surface area contributed by atoms with E-state index in [1.165, 1.54) is 18.2 Å². The second kappa shape index (κ2) is 5.01. The molecule has 0 aliphatic heterocycles. The molecule has 1 heterocycles. The molecule has 0 atom stereocenters. The Morgan fingerprint density at radius 3 is 2.56 bits per heavy atom. The van der Waals surface area contributed by atoms with Crippen LogP contribution < -0.4 is 4.74 Å². The first-order valence-electron chi connectivity index (χ1n) is 5.05. The number of carboxylic acid groups (broad SMARTS) is 1. The van der Waals surface area contributed by atoms with Gasteiger partial charge in [-0.15, -0.1) is 0 Å². The topological polar surface area (TPSA) is 72.3 Å². The Balaban J connectivity index is 2.24. The monoisotopic (exact) mass is 264 g/mol. The summed E-state index contributed by atoms with van der Waals surface area (Å²) in [6, 6.07) is 4.34. The lowest BCUT2D eigenvalue weighted by Gasteiger charge is -2.06. The molecular formula is C12H9ClN2O3. The number of aromatic carboxylic acids is 1. The first kappa shape index (κ1) is 12.3. The predicted molar refractivity (Wildman–Crippen MR) is 65.3 cm³/mol. The summed E-state index contributed by atoms with van der Waals surface area (Å²) in [5, 5.41) is 8.99. The molecule has 92 valence electrons. The summed E-state index contributed by atoms with van der Waals surface area (Å²) in [5.74, 6) is -0.736. The van der Waals surface area contributed by atoms with Crippen LogP contribution in [-0.4, -0.2) is 21.0 Å². The van der Waals surface area contributed by atoms with Gasteiger partial charge in [-0.1, -0.05) is 11.6 Å². The zero-order chi connectivity index (χ0) is 13.1. The van der Waals surface area contributed by atoms with E-state index < -0.39 is 5.97 Å². The van der Waals surface area contributed by atoms with Gasteiger partial charge in [0, 0.05) is 12.4 Å². The summed E-state index contributed by atoms with van der Waals surface area (Å²) in [6.45, 7) is 1.86. The van der Waals surface area contributed by atoms with Gasteiger partial charge < -0.3 is 9.84 Å².